The van der Waals surface area contributed by atoms with Crippen molar-refractivity contribution in [2.45, 2.75) is 0 Å². The van der Waals surface area contributed by atoms with Gasteiger partial charge in [-0.2, -0.15) is 0 Å². The van der Waals surface area contributed by atoms with E-state index in [1.165, 1.54) is 0 Å². The molecule has 0 atom stereocenters. The smallest absolute Gasteiger partial charge is 0.128 e. The first-order chi connectivity index (χ1) is 7.27. The molecule has 0 saturated carbocycles. The summed E-state index contributed by atoms with van der Waals surface area (Å²) in [5, 5.41) is 0. The summed E-state index contributed by atoms with van der Waals surface area (Å²) in [5.41, 5.74) is 1.13. The zero-order valence-electron chi connectivity index (χ0n) is 9.31. The quantitative estimate of drug-likeness (QED) is 0.723. The van der Waals surface area contributed by atoms with Gasteiger partial charge in [0.2, 0.25) is 0 Å². The van der Waals surface area contributed by atoms with Crippen LogP contribution in [0.15, 0.2) is 18.3 Å². The van der Waals surface area contributed by atoms with E-state index in [4.69, 9.17) is 4.74 Å². The monoisotopic (exact) mass is 207 g/mol. The lowest BCUT2D eigenvalue weighted by molar-refractivity contribution is 0.122. The minimum absolute atomic E-state index is 0.803. The molecule has 2 rings (SSSR count). The molecule has 0 amide bonds. The number of pyridine rings is 1. The molecule has 0 aliphatic carbocycles. The van der Waals surface area contributed by atoms with E-state index in [9.17, 15) is 0 Å². The van der Waals surface area contributed by atoms with E-state index in [-0.39, 0.29) is 0 Å². The fourth-order valence-corrected chi connectivity index (χ4v) is 1.62. The van der Waals surface area contributed by atoms with E-state index in [2.05, 4.69) is 26.9 Å². The van der Waals surface area contributed by atoms with Crippen LogP contribution in [0.5, 0.6) is 0 Å². The Kier molecular flexibility index (Phi) is 3.06. The Balaban J connectivity index is 2.08. The van der Waals surface area contributed by atoms with Crippen LogP contribution in [0.4, 0.5) is 11.5 Å². The largest absolute Gasteiger partial charge is 0.378 e. The second-order valence-electron chi connectivity index (χ2n) is 3.87. The number of rotatable bonds is 2. The third-order valence-electron chi connectivity index (χ3n) is 2.58. The Bertz CT molecular complexity index is 304. The SMILES string of the molecule is CN(C)c1ccc(N2CCOCC2)nc1. The number of anilines is 2. The highest BCUT2D eigenvalue weighted by atomic mass is 16.5. The van der Waals surface area contributed by atoms with Crippen molar-refractivity contribution in [2.75, 3.05) is 50.2 Å². The van der Waals surface area contributed by atoms with Crippen molar-refractivity contribution in [3.63, 3.8) is 0 Å². The van der Waals surface area contributed by atoms with Crippen molar-refractivity contribution >= 4 is 11.5 Å². The van der Waals surface area contributed by atoms with Crippen LogP contribution in [0.1, 0.15) is 0 Å². The topological polar surface area (TPSA) is 28.6 Å². The lowest BCUT2D eigenvalue weighted by Crippen LogP contribution is -2.36. The van der Waals surface area contributed by atoms with Crippen molar-refractivity contribution in [3.8, 4) is 0 Å². The van der Waals surface area contributed by atoms with Crippen LogP contribution < -0.4 is 9.80 Å². The standard InChI is InChI=1S/C11H17N3O/c1-13(2)10-3-4-11(12-9-10)14-5-7-15-8-6-14/h3-4,9H,5-8H2,1-2H3. The molecule has 15 heavy (non-hydrogen) atoms. The lowest BCUT2D eigenvalue weighted by atomic mass is 10.3. The fourth-order valence-electron chi connectivity index (χ4n) is 1.62. The Hall–Kier alpha value is -1.29. The molecule has 0 radical (unpaired) electrons. The molecule has 0 bridgehead atoms. The highest BCUT2D eigenvalue weighted by molar-refractivity contribution is 5.49. The third kappa shape index (κ3) is 2.39. The van der Waals surface area contributed by atoms with Crippen LogP contribution in [-0.2, 0) is 4.74 Å². The van der Waals surface area contributed by atoms with Gasteiger partial charge >= 0.3 is 0 Å². The molecule has 2 heterocycles. The van der Waals surface area contributed by atoms with Crippen molar-refractivity contribution in [2.24, 2.45) is 0 Å². The second kappa shape index (κ2) is 4.49. The maximum absolute atomic E-state index is 5.31. The van der Waals surface area contributed by atoms with Crippen LogP contribution in [0.3, 0.4) is 0 Å². The molecule has 0 N–H and O–H groups in total. The summed E-state index contributed by atoms with van der Waals surface area (Å²) >= 11 is 0. The molecule has 82 valence electrons. The number of morpholine rings is 1. The van der Waals surface area contributed by atoms with Gasteiger partial charge in [-0.1, -0.05) is 0 Å². The molecule has 0 aromatic carbocycles. The number of hydrogen-bond donors (Lipinski definition) is 0. The van der Waals surface area contributed by atoms with Gasteiger partial charge in [0.15, 0.2) is 0 Å². The summed E-state index contributed by atoms with van der Waals surface area (Å²) in [7, 11) is 4.04. The highest BCUT2D eigenvalue weighted by Crippen LogP contribution is 2.16. The Morgan fingerprint density at radius 3 is 2.53 bits per heavy atom. The van der Waals surface area contributed by atoms with Gasteiger partial charge in [-0.15, -0.1) is 0 Å². The summed E-state index contributed by atoms with van der Waals surface area (Å²) < 4.78 is 5.31. The van der Waals surface area contributed by atoms with Gasteiger partial charge in [0.05, 0.1) is 25.1 Å². The lowest BCUT2D eigenvalue weighted by Gasteiger charge is -2.28. The predicted octanol–water partition coefficient (Wildman–Crippen LogP) is 0.984. The van der Waals surface area contributed by atoms with Gasteiger partial charge in [-0.25, -0.2) is 4.98 Å². The summed E-state index contributed by atoms with van der Waals surface area (Å²) in [6.07, 6.45) is 1.91. The van der Waals surface area contributed by atoms with Crippen molar-refractivity contribution in [1.82, 2.24) is 4.98 Å². The normalized spacial score (nSPS) is 16.5. The van der Waals surface area contributed by atoms with Crippen molar-refractivity contribution < 1.29 is 4.74 Å². The second-order valence-corrected chi connectivity index (χ2v) is 3.87. The van der Waals surface area contributed by atoms with Crippen LogP contribution in [0.25, 0.3) is 0 Å². The van der Waals surface area contributed by atoms with Crippen molar-refractivity contribution in [1.29, 1.82) is 0 Å². The first kappa shape index (κ1) is 10.2. The van der Waals surface area contributed by atoms with Gasteiger partial charge in [0.25, 0.3) is 0 Å². The van der Waals surface area contributed by atoms with E-state index >= 15 is 0 Å². The van der Waals surface area contributed by atoms with Crippen molar-refractivity contribution in [3.05, 3.63) is 18.3 Å². The van der Waals surface area contributed by atoms with E-state index in [0.29, 0.717) is 0 Å². The molecular weight excluding hydrogens is 190 g/mol. The summed E-state index contributed by atoms with van der Waals surface area (Å²) in [4.78, 5) is 8.76. The fraction of sp³-hybridized carbons (Fsp3) is 0.545. The molecule has 1 aliphatic heterocycles. The van der Waals surface area contributed by atoms with Crippen LogP contribution in [-0.4, -0.2) is 45.4 Å². The first-order valence-corrected chi connectivity index (χ1v) is 5.23. The zero-order chi connectivity index (χ0) is 10.7. The van der Waals surface area contributed by atoms with Gasteiger partial charge in [-0.05, 0) is 12.1 Å². The Morgan fingerprint density at radius 1 is 1.27 bits per heavy atom. The zero-order valence-corrected chi connectivity index (χ0v) is 9.31. The van der Waals surface area contributed by atoms with E-state index in [1.807, 2.05) is 20.3 Å². The van der Waals surface area contributed by atoms with Crippen LogP contribution in [0, 0.1) is 0 Å². The molecule has 1 aromatic rings. The molecule has 4 heteroatoms. The number of nitrogens with zero attached hydrogens (tertiary/aromatic N) is 3. The molecule has 0 spiro atoms. The van der Waals surface area contributed by atoms with Crippen LogP contribution >= 0.6 is 0 Å². The molecule has 0 unspecified atom stereocenters. The molecular formula is C11H17N3O. The molecule has 1 saturated heterocycles. The predicted molar refractivity (Wildman–Crippen MR) is 61.6 cm³/mol. The number of aromatic nitrogens is 1. The van der Waals surface area contributed by atoms with Gasteiger partial charge in [0.1, 0.15) is 5.82 Å². The summed E-state index contributed by atoms with van der Waals surface area (Å²) in [6.45, 7) is 3.48. The summed E-state index contributed by atoms with van der Waals surface area (Å²) in [5.74, 6) is 1.05. The minimum Gasteiger partial charge on any atom is -0.378 e. The molecule has 4 nitrogen and oxygen atoms in total. The number of hydrogen-bond acceptors (Lipinski definition) is 4. The maximum Gasteiger partial charge on any atom is 0.128 e. The Labute approximate surface area is 90.5 Å². The van der Waals surface area contributed by atoms with E-state index in [0.717, 1.165) is 37.8 Å². The average molecular weight is 207 g/mol. The molecule has 1 fully saturated rings. The maximum atomic E-state index is 5.31. The van der Waals surface area contributed by atoms with E-state index < -0.39 is 0 Å². The molecule has 1 aromatic heterocycles. The highest BCUT2D eigenvalue weighted by Gasteiger charge is 2.11. The number of ether oxygens (including phenoxy) is 1. The van der Waals surface area contributed by atoms with E-state index in [1.54, 1.807) is 0 Å². The van der Waals surface area contributed by atoms with Crippen LogP contribution in [0.2, 0.25) is 0 Å². The molecule has 1 aliphatic rings. The third-order valence-corrected chi connectivity index (χ3v) is 2.58. The first-order valence-electron chi connectivity index (χ1n) is 5.23. The van der Waals surface area contributed by atoms with Gasteiger partial charge in [0, 0.05) is 27.2 Å². The summed E-state index contributed by atoms with van der Waals surface area (Å²) in [6, 6.07) is 4.17. The van der Waals surface area contributed by atoms with Gasteiger partial charge in [-0.3, -0.25) is 0 Å². The average Bonchev–Trinajstić information content (AvgIpc) is 2.30. The van der Waals surface area contributed by atoms with Gasteiger partial charge < -0.3 is 14.5 Å². The minimum atomic E-state index is 0.803. The Morgan fingerprint density at radius 2 is 2.00 bits per heavy atom.